The van der Waals surface area contributed by atoms with Crippen molar-refractivity contribution in [1.29, 1.82) is 0 Å². The Balaban J connectivity index is 2.52. The molecule has 1 aliphatic carbocycles. The SMILES string of the molecule is COC(CN)C(=O)N(CCO)C1CC1. The molecule has 0 bridgehead atoms. The fourth-order valence-corrected chi connectivity index (χ4v) is 1.45. The molecule has 0 saturated heterocycles. The van der Waals surface area contributed by atoms with Gasteiger partial charge < -0.3 is 20.5 Å². The lowest BCUT2D eigenvalue weighted by Crippen LogP contribution is -2.45. The summed E-state index contributed by atoms with van der Waals surface area (Å²) in [7, 11) is 1.47. The Labute approximate surface area is 83.8 Å². The molecule has 0 aromatic rings. The molecule has 5 heteroatoms. The zero-order chi connectivity index (χ0) is 10.6. The van der Waals surface area contributed by atoms with Crippen molar-refractivity contribution in [1.82, 2.24) is 4.90 Å². The van der Waals surface area contributed by atoms with Gasteiger partial charge in [0, 0.05) is 26.2 Å². The summed E-state index contributed by atoms with van der Waals surface area (Å²) in [5, 5.41) is 8.82. The van der Waals surface area contributed by atoms with E-state index in [-0.39, 0.29) is 19.1 Å². The summed E-state index contributed by atoms with van der Waals surface area (Å²) < 4.78 is 4.97. The normalized spacial score (nSPS) is 17.9. The number of ether oxygens (including phenoxy) is 1. The summed E-state index contributed by atoms with van der Waals surface area (Å²) in [6, 6.07) is 0.291. The van der Waals surface area contributed by atoms with Gasteiger partial charge in [-0.25, -0.2) is 0 Å². The maximum atomic E-state index is 11.8. The Hall–Kier alpha value is -0.650. The van der Waals surface area contributed by atoms with Crippen molar-refractivity contribution in [3.63, 3.8) is 0 Å². The van der Waals surface area contributed by atoms with Gasteiger partial charge in [-0.1, -0.05) is 0 Å². The van der Waals surface area contributed by atoms with Crippen LogP contribution >= 0.6 is 0 Å². The first-order valence-electron chi connectivity index (χ1n) is 4.88. The van der Waals surface area contributed by atoms with Crippen molar-refractivity contribution >= 4 is 5.91 Å². The molecule has 1 fully saturated rings. The van der Waals surface area contributed by atoms with Crippen LogP contribution in [0.4, 0.5) is 0 Å². The number of carbonyl (C=O) groups is 1. The van der Waals surface area contributed by atoms with Crippen molar-refractivity contribution in [2.75, 3.05) is 26.8 Å². The Bertz CT molecular complexity index is 190. The molecule has 1 unspecified atom stereocenters. The molecule has 3 N–H and O–H groups in total. The molecule has 1 atom stereocenters. The molecule has 1 amide bonds. The highest BCUT2D eigenvalue weighted by molar-refractivity contribution is 5.81. The largest absolute Gasteiger partial charge is 0.395 e. The van der Waals surface area contributed by atoms with Gasteiger partial charge in [-0.05, 0) is 12.8 Å². The van der Waals surface area contributed by atoms with Crippen molar-refractivity contribution in [3.05, 3.63) is 0 Å². The molecule has 0 spiro atoms. The molecule has 0 heterocycles. The van der Waals surface area contributed by atoms with E-state index in [2.05, 4.69) is 0 Å². The standard InChI is InChI=1S/C9H18N2O3/c1-14-8(6-10)9(13)11(4-5-12)7-2-3-7/h7-8,12H,2-6,10H2,1H3. The summed E-state index contributed by atoms with van der Waals surface area (Å²) in [6.45, 7) is 0.552. The van der Waals surface area contributed by atoms with Gasteiger partial charge in [0.05, 0.1) is 6.61 Å². The highest BCUT2D eigenvalue weighted by Crippen LogP contribution is 2.27. The molecule has 1 rings (SSSR count). The van der Waals surface area contributed by atoms with Gasteiger partial charge in [-0.3, -0.25) is 4.79 Å². The van der Waals surface area contributed by atoms with E-state index in [4.69, 9.17) is 15.6 Å². The Morgan fingerprint density at radius 1 is 1.71 bits per heavy atom. The molecule has 0 radical (unpaired) electrons. The summed E-state index contributed by atoms with van der Waals surface area (Å²) in [5.74, 6) is -0.105. The van der Waals surface area contributed by atoms with E-state index < -0.39 is 6.10 Å². The summed E-state index contributed by atoms with van der Waals surface area (Å²) >= 11 is 0. The first kappa shape index (κ1) is 11.4. The number of nitrogens with two attached hydrogens (primary N) is 1. The minimum Gasteiger partial charge on any atom is -0.395 e. The maximum Gasteiger partial charge on any atom is 0.253 e. The predicted octanol–water partition coefficient (Wildman–Crippen LogP) is -1.06. The molecule has 1 aliphatic rings. The summed E-state index contributed by atoms with van der Waals surface area (Å²) in [4.78, 5) is 13.5. The second-order valence-electron chi connectivity index (χ2n) is 3.45. The van der Waals surface area contributed by atoms with E-state index >= 15 is 0 Å². The van der Waals surface area contributed by atoms with E-state index in [0.29, 0.717) is 12.6 Å². The lowest BCUT2D eigenvalue weighted by molar-refractivity contribution is -0.142. The Morgan fingerprint density at radius 3 is 2.71 bits per heavy atom. The van der Waals surface area contributed by atoms with Crippen molar-refractivity contribution in [2.45, 2.75) is 25.0 Å². The molecular weight excluding hydrogens is 184 g/mol. The lowest BCUT2D eigenvalue weighted by Gasteiger charge is -2.25. The van der Waals surface area contributed by atoms with Crippen LogP contribution in [-0.4, -0.2) is 54.9 Å². The highest BCUT2D eigenvalue weighted by Gasteiger charge is 2.34. The molecule has 0 aliphatic heterocycles. The summed E-state index contributed by atoms with van der Waals surface area (Å²) in [6.07, 6.45) is 1.47. The van der Waals surface area contributed by atoms with Crippen LogP contribution in [0.5, 0.6) is 0 Å². The molecule has 1 saturated carbocycles. The Kier molecular flexibility index (Phi) is 4.31. The van der Waals surface area contributed by atoms with Crippen LogP contribution < -0.4 is 5.73 Å². The van der Waals surface area contributed by atoms with Gasteiger partial charge >= 0.3 is 0 Å². The van der Waals surface area contributed by atoms with Crippen LogP contribution in [0.15, 0.2) is 0 Å². The average Bonchev–Trinajstić information content (AvgIpc) is 2.99. The van der Waals surface area contributed by atoms with E-state index in [1.807, 2.05) is 0 Å². The quantitative estimate of drug-likeness (QED) is 0.576. The van der Waals surface area contributed by atoms with E-state index in [0.717, 1.165) is 12.8 Å². The van der Waals surface area contributed by atoms with Gasteiger partial charge in [0.25, 0.3) is 5.91 Å². The molecule has 14 heavy (non-hydrogen) atoms. The number of rotatable bonds is 6. The Morgan fingerprint density at radius 2 is 2.36 bits per heavy atom. The number of nitrogens with zero attached hydrogens (tertiary/aromatic N) is 1. The third kappa shape index (κ3) is 2.67. The number of aliphatic hydroxyl groups is 1. The third-order valence-electron chi connectivity index (χ3n) is 2.39. The van der Waals surface area contributed by atoms with Crippen molar-refractivity contribution in [2.24, 2.45) is 5.73 Å². The second kappa shape index (κ2) is 5.29. The van der Waals surface area contributed by atoms with E-state index in [1.165, 1.54) is 7.11 Å². The van der Waals surface area contributed by atoms with Gasteiger partial charge in [0.2, 0.25) is 0 Å². The van der Waals surface area contributed by atoms with Gasteiger partial charge in [-0.2, -0.15) is 0 Å². The minimum atomic E-state index is -0.567. The fourth-order valence-electron chi connectivity index (χ4n) is 1.45. The van der Waals surface area contributed by atoms with Crippen molar-refractivity contribution < 1.29 is 14.6 Å². The minimum absolute atomic E-state index is 0.0107. The zero-order valence-corrected chi connectivity index (χ0v) is 8.48. The van der Waals surface area contributed by atoms with Crippen LogP contribution in [-0.2, 0) is 9.53 Å². The topological polar surface area (TPSA) is 75.8 Å². The van der Waals surface area contributed by atoms with Gasteiger partial charge in [0.1, 0.15) is 6.10 Å². The summed E-state index contributed by atoms with van der Waals surface area (Å²) in [5.41, 5.74) is 5.40. The maximum absolute atomic E-state index is 11.8. The van der Waals surface area contributed by atoms with Crippen LogP contribution in [0.25, 0.3) is 0 Å². The van der Waals surface area contributed by atoms with Crippen LogP contribution in [0.3, 0.4) is 0 Å². The second-order valence-corrected chi connectivity index (χ2v) is 3.45. The third-order valence-corrected chi connectivity index (χ3v) is 2.39. The van der Waals surface area contributed by atoms with Crippen LogP contribution in [0, 0.1) is 0 Å². The fraction of sp³-hybridized carbons (Fsp3) is 0.889. The molecular formula is C9H18N2O3. The predicted molar refractivity (Wildman–Crippen MR) is 51.7 cm³/mol. The van der Waals surface area contributed by atoms with Crippen LogP contribution in [0.2, 0.25) is 0 Å². The number of methoxy groups -OCH3 is 1. The average molecular weight is 202 g/mol. The monoisotopic (exact) mass is 202 g/mol. The zero-order valence-electron chi connectivity index (χ0n) is 8.48. The lowest BCUT2D eigenvalue weighted by atomic mass is 10.3. The number of hydrogen-bond acceptors (Lipinski definition) is 4. The van der Waals surface area contributed by atoms with Crippen molar-refractivity contribution in [3.8, 4) is 0 Å². The van der Waals surface area contributed by atoms with E-state index in [9.17, 15) is 4.79 Å². The number of amides is 1. The highest BCUT2D eigenvalue weighted by atomic mass is 16.5. The molecule has 0 aromatic carbocycles. The van der Waals surface area contributed by atoms with Crippen LogP contribution in [0.1, 0.15) is 12.8 Å². The smallest absolute Gasteiger partial charge is 0.253 e. The van der Waals surface area contributed by atoms with E-state index in [1.54, 1.807) is 4.90 Å². The first-order valence-corrected chi connectivity index (χ1v) is 4.88. The van der Waals surface area contributed by atoms with Gasteiger partial charge in [0.15, 0.2) is 0 Å². The first-order chi connectivity index (χ1) is 6.74. The molecule has 82 valence electrons. The molecule has 5 nitrogen and oxygen atoms in total. The molecule has 0 aromatic heterocycles. The van der Waals surface area contributed by atoms with Gasteiger partial charge in [-0.15, -0.1) is 0 Å². The number of aliphatic hydroxyl groups excluding tert-OH is 1. The number of hydrogen-bond donors (Lipinski definition) is 2. The number of carbonyl (C=O) groups excluding carboxylic acids is 1.